The van der Waals surface area contributed by atoms with Gasteiger partial charge in [0.2, 0.25) is 5.95 Å². The SMILES string of the molecule is Cc1cn(CCC2CCC(C)CC2)c(NC2CC2)n1. The van der Waals surface area contributed by atoms with Crippen molar-refractivity contribution >= 4 is 5.95 Å². The average molecular weight is 261 g/mol. The Morgan fingerprint density at radius 2 is 1.95 bits per heavy atom. The number of hydrogen-bond acceptors (Lipinski definition) is 2. The van der Waals surface area contributed by atoms with Crippen molar-refractivity contribution in [2.45, 2.75) is 71.4 Å². The first kappa shape index (κ1) is 13.0. The molecule has 2 saturated carbocycles. The van der Waals surface area contributed by atoms with Crippen LogP contribution in [0.3, 0.4) is 0 Å². The predicted molar refractivity (Wildman–Crippen MR) is 79.3 cm³/mol. The Morgan fingerprint density at radius 1 is 1.21 bits per heavy atom. The lowest BCUT2D eigenvalue weighted by atomic mass is 9.81. The summed E-state index contributed by atoms with van der Waals surface area (Å²) < 4.78 is 2.34. The van der Waals surface area contributed by atoms with Crippen molar-refractivity contribution in [2.75, 3.05) is 5.32 Å². The van der Waals surface area contributed by atoms with Crippen molar-refractivity contribution in [3.05, 3.63) is 11.9 Å². The molecule has 0 aromatic carbocycles. The van der Waals surface area contributed by atoms with Crippen LogP contribution in [0.2, 0.25) is 0 Å². The minimum atomic E-state index is 0.691. The number of nitrogens with one attached hydrogen (secondary N) is 1. The highest BCUT2D eigenvalue weighted by Crippen LogP contribution is 2.31. The molecule has 0 radical (unpaired) electrons. The molecule has 0 amide bonds. The molecule has 19 heavy (non-hydrogen) atoms. The van der Waals surface area contributed by atoms with Gasteiger partial charge in [-0.15, -0.1) is 0 Å². The summed E-state index contributed by atoms with van der Waals surface area (Å²) in [5.41, 5.74) is 1.14. The zero-order valence-electron chi connectivity index (χ0n) is 12.4. The Labute approximate surface area is 116 Å². The summed E-state index contributed by atoms with van der Waals surface area (Å²) in [5, 5.41) is 3.55. The number of hydrogen-bond donors (Lipinski definition) is 1. The van der Waals surface area contributed by atoms with Crippen molar-refractivity contribution < 1.29 is 0 Å². The number of anilines is 1. The van der Waals surface area contributed by atoms with E-state index in [-0.39, 0.29) is 0 Å². The van der Waals surface area contributed by atoms with Gasteiger partial charge in [-0.2, -0.15) is 0 Å². The lowest BCUT2D eigenvalue weighted by Gasteiger charge is -2.26. The van der Waals surface area contributed by atoms with E-state index < -0.39 is 0 Å². The topological polar surface area (TPSA) is 29.9 Å². The maximum Gasteiger partial charge on any atom is 0.203 e. The second-order valence-corrected chi connectivity index (χ2v) is 6.73. The minimum absolute atomic E-state index is 0.691. The Kier molecular flexibility index (Phi) is 3.81. The summed E-state index contributed by atoms with van der Waals surface area (Å²) in [6, 6.07) is 0.691. The van der Waals surface area contributed by atoms with Crippen LogP contribution in [-0.4, -0.2) is 15.6 Å². The summed E-state index contributed by atoms with van der Waals surface area (Å²) in [4.78, 5) is 4.62. The molecule has 3 nitrogen and oxygen atoms in total. The van der Waals surface area contributed by atoms with Crippen LogP contribution in [-0.2, 0) is 6.54 Å². The smallest absolute Gasteiger partial charge is 0.203 e. The second kappa shape index (κ2) is 5.56. The van der Waals surface area contributed by atoms with Crippen LogP contribution in [0.15, 0.2) is 6.20 Å². The van der Waals surface area contributed by atoms with Gasteiger partial charge in [0, 0.05) is 18.8 Å². The molecule has 106 valence electrons. The van der Waals surface area contributed by atoms with E-state index in [1.165, 1.54) is 44.9 Å². The fourth-order valence-corrected chi connectivity index (χ4v) is 3.18. The molecule has 0 aliphatic heterocycles. The summed E-state index contributed by atoms with van der Waals surface area (Å²) >= 11 is 0. The molecule has 0 bridgehead atoms. The number of aromatic nitrogens is 2. The molecule has 1 N–H and O–H groups in total. The fraction of sp³-hybridized carbons (Fsp3) is 0.812. The minimum Gasteiger partial charge on any atom is -0.353 e. The molecule has 0 saturated heterocycles. The number of aryl methyl sites for hydroxylation is 2. The van der Waals surface area contributed by atoms with E-state index in [1.54, 1.807) is 0 Å². The van der Waals surface area contributed by atoms with Gasteiger partial charge in [-0.3, -0.25) is 0 Å². The zero-order chi connectivity index (χ0) is 13.2. The Bertz CT molecular complexity index is 412. The van der Waals surface area contributed by atoms with Crippen LogP contribution in [0.1, 0.15) is 57.6 Å². The monoisotopic (exact) mass is 261 g/mol. The molecule has 0 unspecified atom stereocenters. The molecule has 2 aliphatic carbocycles. The summed E-state index contributed by atoms with van der Waals surface area (Å²) in [5.74, 6) is 3.00. The van der Waals surface area contributed by atoms with Gasteiger partial charge in [0.15, 0.2) is 0 Å². The van der Waals surface area contributed by atoms with Gasteiger partial charge < -0.3 is 9.88 Å². The van der Waals surface area contributed by atoms with Crippen molar-refractivity contribution in [1.82, 2.24) is 9.55 Å². The number of nitrogens with zero attached hydrogens (tertiary/aromatic N) is 2. The van der Waals surface area contributed by atoms with Gasteiger partial charge in [-0.05, 0) is 38.0 Å². The highest BCUT2D eigenvalue weighted by molar-refractivity contribution is 5.32. The third-order valence-electron chi connectivity index (χ3n) is 4.72. The van der Waals surface area contributed by atoms with E-state index in [4.69, 9.17) is 0 Å². The summed E-state index contributed by atoms with van der Waals surface area (Å²) in [7, 11) is 0. The quantitative estimate of drug-likeness (QED) is 0.868. The highest BCUT2D eigenvalue weighted by atomic mass is 15.2. The molecule has 3 heteroatoms. The first-order chi connectivity index (χ1) is 9.20. The molecule has 0 spiro atoms. The van der Waals surface area contributed by atoms with Gasteiger partial charge in [0.05, 0.1) is 5.69 Å². The van der Waals surface area contributed by atoms with E-state index in [0.29, 0.717) is 6.04 Å². The zero-order valence-corrected chi connectivity index (χ0v) is 12.4. The molecule has 3 rings (SSSR count). The molecule has 1 heterocycles. The fourth-order valence-electron chi connectivity index (χ4n) is 3.18. The number of imidazole rings is 1. The lowest BCUT2D eigenvalue weighted by Crippen LogP contribution is -2.15. The van der Waals surface area contributed by atoms with E-state index in [1.807, 2.05) is 0 Å². The molecular formula is C16H27N3. The summed E-state index contributed by atoms with van der Waals surface area (Å²) in [6.45, 7) is 5.62. The normalized spacial score (nSPS) is 27.5. The van der Waals surface area contributed by atoms with Crippen LogP contribution in [0.5, 0.6) is 0 Å². The summed E-state index contributed by atoms with van der Waals surface area (Å²) in [6.07, 6.45) is 11.9. The first-order valence-corrected chi connectivity index (χ1v) is 8.01. The van der Waals surface area contributed by atoms with E-state index in [2.05, 4.69) is 34.9 Å². The Balaban J connectivity index is 1.53. The first-order valence-electron chi connectivity index (χ1n) is 8.01. The average Bonchev–Trinajstić information content (AvgIpc) is 3.13. The van der Waals surface area contributed by atoms with E-state index in [0.717, 1.165) is 30.0 Å². The van der Waals surface area contributed by atoms with Crippen molar-refractivity contribution in [2.24, 2.45) is 11.8 Å². The molecule has 1 aromatic heterocycles. The Morgan fingerprint density at radius 3 is 2.63 bits per heavy atom. The van der Waals surface area contributed by atoms with Crippen molar-refractivity contribution in [3.63, 3.8) is 0 Å². The van der Waals surface area contributed by atoms with Crippen LogP contribution < -0.4 is 5.32 Å². The second-order valence-electron chi connectivity index (χ2n) is 6.73. The lowest BCUT2D eigenvalue weighted by molar-refractivity contribution is 0.269. The van der Waals surface area contributed by atoms with E-state index >= 15 is 0 Å². The molecule has 0 atom stereocenters. The predicted octanol–water partition coefficient (Wildman–Crippen LogP) is 3.98. The van der Waals surface area contributed by atoms with E-state index in [9.17, 15) is 0 Å². The van der Waals surface area contributed by atoms with Crippen LogP contribution in [0.25, 0.3) is 0 Å². The third-order valence-corrected chi connectivity index (χ3v) is 4.72. The van der Waals surface area contributed by atoms with Crippen molar-refractivity contribution in [3.8, 4) is 0 Å². The molecule has 2 aliphatic rings. The largest absolute Gasteiger partial charge is 0.353 e. The van der Waals surface area contributed by atoms with Crippen LogP contribution in [0, 0.1) is 18.8 Å². The van der Waals surface area contributed by atoms with Gasteiger partial charge in [0.25, 0.3) is 0 Å². The highest BCUT2D eigenvalue weighted by Gasteiger charge is 2.23. The van der Waals surface area contributed by atoms with Gasteiger partial charge in [0.1, 0.15) is 0 Å². The maximum absolute atomic E-state index is 4.62. The van der Waals surface area contributed by atoms with Crippen LogP contribution >= 0.6 is 0 Å². The van der Waals surface area contributed by atoms with Gasteiger partial charge in [-0.25, -0.2) is 4.98 Å². The standard InChI is InChI=1S/C16H27N3/c1-12-3-5-14(6-4-12)9-10-19-11-13(2)17-16(19)18-15-7-8-15/h11-12,14-15H,3-10H2,1-2H3,(H,17,18). The Hall–Kier alpha value is -0.990. The molecule has 1 aromatic rings. The maximum atomic E-state index is 4.62. The van der Waals surface area contributed by atoms with Crippen LogP contribution in [0.4, 0.5) is 5.95 Å². The molecule has 2 fully saturated rings. The van der Waals surface area contributed by atoms with Gasteiger partial charge >= 0.3 is 0 Å². The number of rotatable bonds is 5. The third kappa shape index (κ3) is 3.52. The van der Waals surface area contributed by atoms with Gasteiger partial charge in [-0.1, -0.05) is 32.6 Å². The van der Waals surface area contributed by atoms with Crippen molar-refractivity contribution in [1.29, 1.82) is 0 Å². The molecular weight excluding hydrogens is 234 g/mol.